The van der Waals surface area contributed by atoms with Crippen LogP contribution in [0.3, 0.4) is 0 Å². The second-order valence-corrected chi connectivity index (χ2v) is 6.10. The number of aromatic nitrogens is 3. The zero-order valence-electron chi connectivity index (χ0n) is 12.5. The fourth-order valence-corrected chi connectivity index (χ4v) is 3.14. The number of nitrogens with zero attached hydrogens (tertiary/aromatic N) is 3. The number of hydrogen-bond acceptors (Lipinski definition) is 6. The Morgan fingerprint density at radius 1 is 1.50 bits per heavy atom. The minimum Gasteiger partial charge on any atom is -0.465 e. The van der Waals surface area contributed by atoms with Gasteiger partial charge in [-0.15, -0.1) is 0 Å². The summed E-state index contributed by atoms with van der Waals surface area (Å²) in [7, 11) is 1.27. The summed E-state index contributed by atoms with van der Waals surface area (Å²) in [6.07, 6.45) is 4.78. The molecule has 2 aromatic heterocycles. The number of thiazole rings is 1. The van der Waals surface area contributed by atoms with E-state index in [1.165, 1.54) is 19.5 Å². The van der Waals surface area contributed by atoms with E-state index in [2.05, 4.69) is 20.0 Å². The average molecular weight is 367 g/mol. The Bertz CT molecular complexity index is 866. The lowest BCUT2D eigenvalue weighted by atomic mass is 10.2. The Morgan fingerprint density at radius 3 is 3.00 bits per heavy atom. The van der Waals surface area contributed by atoms with Gasteiger partial charge in [0, 0.05) is 18.9 Å². The maximum Gasteiger partial charge on any atom is 0.351 e. The van der Waals surface area contributed by atoms with E-state index >= 15 is 0 Å². The standard InChI is InChI=1S/C15H12ClFN4O2S/c1-23-14(22)12-13(16)20-15(24-12)19-7-9-2-3-11(10(17)6-9)21-5-4-18-8-21/h2-6,8H,7H2,1H3,(H,19,20). The first-order chi connectivity index (χ1) is 11.6. The lowest BCUT2D eigenvalue weighted by molar-refractivity contribution is 0.0606. The van der Waals surface area contributed by atoms with Crippen molar-refractivity contribution in [3.05, 3.63) is 58.3 Å². The van der Waals surface area contributed by atoms with Crippen molar-refractivity contribution in [3.63, 3.8) is 0 Å². The second kappa shape index (κ2) is 6.98. The SMILES string of the molecule is COC(=O)c1sc(NCc2ccc(-n3ccnc3)c(F)c2)nc1Cl. The molecule has 0 aliphatic carbocycles. The van der Waals surface area contributed by atoms with Gasteiger partial charge >= 0.3 is 5.97 Å². The number of anilines is 1. The number of carbonyl (C=O) groups excluding carboxylic acids is 1. The fraction of sp³-hybridized carbons (Fsp3) is 0.133. The molecule has 0 aliphatic rings. The first-order valence-corrected chi connectivity index (χ1v) is 8.03. The van der Waals surface area contributed by atoms with Crippen molar-refractivity contribution in [1.82, 2.24) is 14.5 Å². The second-order valence-electron chi connectivity index (χ2n) is 4.74. The Balaban J connectivity index is 1.71. The third-order valence-corrected chi connectivity index (χ3v) is 4.57. The summed E-state index contributed by atoms with van der Waals surface area (Å²) in [5, 5.41) is 3.55. The number of hydrogen-bond donors (Lipinski definition) is 1. The molecular formula is C15H12ClFN4O2S. The van der Waals surface area contributed by atoms with Crippen LogP contribution in [0.2, 0.25) is 5.15 Å². The van der Waals surface area contributed by atoms with E-state index < -0.39 is 5.97 Å². The minimum atomic E-state index is -0.540. The van der Waals surface area contributed by atoms with Crippen LogP contribution in [0, 0.1) is 5.82 Å². The molecular weight excluding hydrogens is 355 g/mol. The monoisotopic (exact) mass is 366 g/mol. The zero-order chi connectivity index (χ0) is 17.1. The van der Waals surface area contributed by atoms with Crippen LogP contribution in [-0.4, -0.2) is 27.6 Å². The van der Waals surface area contributed by atoms with Crippen molar-refractivity contribution in [1.29, 1.82) is 0 Å². The van der Waals surface area contributed by atoms with Crippen LogP contribution in [-0.2, 0) is 11.3 Å². The van der Waals surface area contributed by atoms with E-state index in [0.717, 1.165) is 16.9 Å². The average Bonchev–Trinajstić information content (AvgIpc) is 3.22. The largest absolute Gasteiger partial charge is 0.465 e. The van der Waals surface area contributed by atoms with Gasteiger partial charge in [0.15, 0.2) is 15.2 Å². The predicted octanol–water partition coefficient (Wildman–Crippen LogP) is 3.52. The summed E-state index contributed by atoms with van der Waals surface area (Å²) < 4.78 is 20.4. The lowest BCUT2D eigenvalue weighted by Gasteiger charge is -2.07. The summed E-state index contributed by atoms with van der Waals surface area (Å²) in [5.41, 5.74) is 1.14. The highest BCUT2D eigenvalue weighted by Gasteiger charge is 2.17. The highest BCUT2D eigenvalue weighted by atomic mass is 35.5. The van der Waals surface area contributed by atoms with Crippen LogP contribution in [0.5, 0.6) is 0 Å². The molecule has 1 aromatic carbocycles. The Hall–Kier alpha value is -2.45. The zero-order valence-corrected chi connectivity index (χ0v) is 14.1. The first kappa shape index (κ1) is 16.4. The van der Waals surface area contributed by atoms with Gasteiger partial charge in [0.05, 0.1) is 19.1 Å². The van der Waals surface area contributed by atoms with Crippen molar-refractivity contribution >= 4 is 34.0 Å². The molecule has 0 fully saturated rings. The molecule has 1 N–H and O–H groups in total. The summed E-state index contributed by atoms with van der Waals surface area (Å²) in [6.45, 7) is 0.339. The van der Waals surface area contributed by atoms with E-state index in [-0.39, 0.29) is 15.8 Å². The summed E-state index contributed by atoms with van der Waals surface area (Å²) in [6, 6.07) is 4.89. The Kier molecular flexibility index (Phi) is 4.77. The maximum absolute atomic E-state index is 14.2. The van der Waals surface area contributed by atoms with Crippen molar-refractivity contribution in [2.75, 3.05) is 12.4 Å². The molecule has 0 saturated heterocycles. The summed E-state index contributed by atoms with van der Waals surface area (Å²) in [5.74, 6) is -0.902. The van der Waals surface area contributed by atoms with Gasteiger partial charge in [-0.05, 0) is 17.7 Å². The van der Waals surface area contributed by atoms with Gasteiger partial charge in [-0.2, -0.15) is 0 Å². The highest BCUT2D eigenvalue weighted by molar-refractivity contribution is 7.18. The van der Waals surface area contributed by atoms with E-state index in [9.17, 15) is 9.18 Å². The van der Waals surface area contributed by atoms with E-state index in [0.29, 0.717) is 17.4 Å². The highest BCUT2D eigenvalue weighted by Crippen LogP contribution is 2.28. The number of esters is 1. The number of carbonyl (C=O) groups is 1. The molecule has 3 rings (SSSR count). The van der Waals surface area contributed by atoms with Crippen LogP contribution in [0.1, 0.15) is 15.2 Å². The molecule has 0 bridgehead atoms. The maximum atomic E-state index is 14.2. The molecule has 2 heterocycles. The number of ether oxygens (including phenoxy) is 1. The summed E-state index contributed by atoms with van der Waals surface area (Å²) in [4.78, 5) is 19.7. The molecule has 9 heteroatoms. The molecule has 0 aliphatic heterocycles. The van der Waals surface area contributed by atoms with E-state index in [1.54, 1.807) is 29.1 Å². The van der Waals surface area contributed by atoms with Crippen LogP contribution >= 0.6 is 22.9 Å². The van der Waals surface area contributed by atoms with Gasteiger partial charge in [-0.1, -0.05) is 29.0 Å². The van der Waals surface area contributed by atoms with Gasteiger partial charge in [-0.3, -0.25) is 0 Å². The van der Waals surface area contributed by atoms with Crippen molar-refractivity contribution in [3.8, 4) is 5.69 Å². The molecule has 3 aromatic rings. The molecule has 0 spiro atoms. The smallest absolute Gasteiger partial charge is 0.351 e. The van der Waals surface area contributed by atoms with Gasteiger partial charge < -0.3 is 14.6 Å². The molecule has 6 nitrogen and oxygen atoms in total. The quantitative estimate of drug-likeness (QED) is 0.700. The number of imidazole rings is 1. The van der Waals surface area contributed by atoms with Crippen LogP contribution in [0.15, 0.2) is 36.9 Å². The Morgan fingerprint density at radius 2 is 2.33 bits per heavy atom. The van der Waals surface area contributed by atoms with Gasteiger partial charge in [0.2, 0.25) is 0 Å². The normalized spacial score (nSPS) is 10.6. The van der Waals surface area contributed by atoms with Crippen molar-refractivity contribution in [2.45, 2.75) is 6.54 Å². The lowest BCUT2D eigenvalue weighted by Crippen LogP contribution is -2.01. The van der Waals surface area contributed by atoms with Crippen LogP contribution in [0.25, 0.3) is 5.69 Å². The van der Waals surface area contributed by atoms with E-state index in [1.807, 2.05) is 0 Å². The number of halogens is 2. The van der Waals surface area contributed by atoms with Crippen molar-refractivity contribution in [2.24, 2.45) is 0 Å². The topological polar surface area (TPSA) is 69.0 Å². The molecule has 0 amide bonds. The molecule has 124 valence electrons. The van der Waals surface area contributed by atoms with Gasteiger partial charge in [0.25, 0.3) is 0 Å². The number of rotatable bonds is 5. The van der Waals surface area contributed by atoms with Crippen LogP contribution < -0.4 is 5.32 Å². The van der Waals surface area contributed by atoms with Crippen LogP contribution in [0.4, 0.5) is 9.52 Å². The summed E-state index contributed by atoms with van der Waals surface area (Å²) >= 11 is 6.98. The number of methoxy groups -OCH3 is 1. The first-order valence-electron chi connectivity index (χ1n) is 6.83. The molecule has 0 saturated carbocycles. The fourth-order valence-electron chi connectivity index (χ4n) is 2.04. The third-order valence-electron chi connectivity index (χ3n) is 3.20. The predicted molar refractivity (Wildman–Crippen MR) is 89.3 cm³/mol. The molecule has 0 atom stereocenters. The number of benzene rings is 1. The third kappa shape index (κ3) is 3.39. The number of nitrogens with one attached hydrogen (secondary N) is 1. The van der Waals surface area contributed by atoms with Gasteiger partial charge in [0.1, 0.15) is 5.82 Å². The minimum absolute atomic E-state index is 0.0796. The Labute approximate surface area is 145 Å². The van der Waals surface area contributed by atoms with E-state index in [4.69, 9.17) is 11.6 Å². The molecule has 24 heavy (non-hydrogen) atoms. The molecule has 0 radical (unpaired) electrons. The molecule has 0 unspecified atom stereocenters. The van der Waals surface area contributed by atoms with Crippen molar-refractivity contribution < 1.29 is 13.9 Å². The van der Waals surface area contributed by atoms with Gasteiger partial charge in [-0.25, -0.2) is 19.2 Å².